The molecule has 0 unspecified atom stereocenters. The van der Waals surface area contributed by atoms with Crippen LogP contribution >= 0.6 is 11.6 Å². The summed E-state index contributed by atoms with van der Waals surface area (Å²) in [6.45, 7) is 3.32. The van der Waals surface area contributed by atoms with Crippen LogP contribution in [-0.2, 0) is 4.79 Å². The summed E-state index contributed by atoms with van der Waals surface area (Å²) in [6.07, 6.45) is 0. The predicted molar refractivity (Wildman–Crippen MR) is 96.5 cm³/mol. The summed E-state index contributed by atoms with van der Waals surface area (Å²) >= 11 is 6.31. The van der Waals surface area contributed by atoms with Gasteiger partial charge in [-0.15, -0.1) is 0 Å². The van der Waals surface area contributed by atoms with Crippen LogP contribution in [-0.4, -0.2) is 55.5 Å². The molecular formula is C19H21ClN2O2. The summed E-state index contributed by atoms with van der Waals surface area (Å²) in [4.78, 5) is 16.3. The smallest absolute Gasteiger partial charge is 0.260 e. The van der Waals surface area contributed by atoms with Gasteiger partial charge >= 0.3 is 0 Å². The number of hydrogen-bond acceptors (Lipinski definition) is 3. The number of benzene rings is 2. The van der Waals surface area contributed by atoms with Gasteiger partial charge in [0, 0.05) is 26.2 Å². The molecule has 0 aliphatic carbocycles. The maximum atomic E-state index is 12.2. The molecule has 2 aromatic carbocycles. The van der Waals surface area contributed by atoms with Gasteiger partial charge in [0.2, 0.25) is 0 Å². The van der Waals surface area contributed by atoms with Crippen LogP contribution < -0.4 is 4.74 Å². The number of likely N-dealkylation sites (N-methyl/N-ethyl adjacent to an activating group) is 1. The fourth-order valence-electron chi connectivity index (χ4n) is 2.71. The van der Waals surface area contributed by atoms with Crippen molar-refractivity contribution in [2.24, 2.45) is 0 Å². The second kappa shape index (κ2) is 7.69. The van der Waals surface area contributed by atoms with Crippen LogP contribution in [0.1, 0.15) is 0 Å². The van der Waals surface area contributed by atoms with Gasteiger partial charge in [0.25, 0.3) is 5.91 Å². The SMILES string of the molecule is CN1CCN(C(=O)COc2ccc(-c3ccccc3)cc2Cl)CC1. The number of carbonyl (C=O) groups is 1. The molecule has 0 N–H and O–H groups in total. The Hall–Kier alpha value is -2.04. The lowest BCUT2D eigenvalue weighted by molar-refractivity contribution is -0.134. The van der Waals surface area contributed by atoms with Crippen LogP contribution in [0.3, 0.4) is 0 Å². The van der Waals surface area contributed by atoms with Crippen molar-refractivity contribution in [2.45, 2.75) is 0 Å². The van der Waals surface area contributed by atoms with Crippen LogP contribution in [0.5, 0.6) is 5.75 Å². The minimum atomic E-state index is 0.00584. The first-order chi connectivity index (χ1) is 11.6. The Morgan fingerprint density at radius 1 is 1.04 bits per heavy atom. The number of ether oxygens (including phenoxy) is 1. The highest BCUT2D eigenvalue weighted by Gasteiger charge is 2.19. The van der Waals surface area contributed by atoms with Crippen LogP contribution in [0.4, 0.5) is 0 Å². The number of nitrogens with zero attached hydrogens (tertiary/aromatic N) is 2. The zero-order valence-electron chi connectivity index (χ0n) is 13.7. The van der Waals surface area contributed by atoms with E-state index in [2.05, 4.69) is 11.9 Å². The molecule has 1 aliphatic rings. The molecule has 5 heteroatoms. The quantitative estimate of drug-likeness (QED) is 0.854. The van der Waals surface area contributed by atoms with Crippen LogP contribution in [0, 0.1) is 0 Å². The lowest BCUT2D eigenvalue weighted by Gasteiger charge is -2.32. The number of rotatable bonds is 4. The second-order valence-corrected chi connectivity index (χ2v) is 6.39. The first-order valence-corrected chi connectivity index (χ1v) is 8.45. The van der Waals surface area contributed by atoms with Crippen molar-refractivity contribution in [1.29, 1.82) is 0 Å². The largest absolute Gasteiger partial charge is 0.482 e. The van der Waals surface area contributed by atoms with E-state index in [-0.39, 0.29) is 12.5 Å². The molecule has 0 atom stereocenters. The van der Waals surface area contributed by atoms with Crippen molar-refractivity contribution >= 4 is 17.5 Å². The third-order valence-electron chi connectivity index (χ3n) is 4.25. The molecule has 0 radical (unpaired) electrons. The van der Waals surface area contributed by atoms with E-state index in [0.717, 1.165) is 37.3 Å². The third kappa shape index (κ3) is 4.08. The van der Waals surface area contributed by atoms with Gasteiger partial charge in [0.05, 0.1) is 5.02 Å². The Balaban J connectivity index is 1.60. The van der Waals surface area contributed by atoms with Gasteiger partial charge in [0.15, 0.2) is 6.61 Å². The highest BCUT2D eigenvalue weighted by Crippen LogP contribution is 2.30. The van der Waals surface area contributed by atoms with Gasteiger partial charge in [-0.2, -0.15) is 0 Å². The number of carbonyl (C=O) groups excluding carboxylic acids is 1. The van der Waals surface area contributed by atoms with E-state index in [9.17, 15) is 4.79 Å². The van der Waals surface area contributed by atoms with Crippen molar-refractivity contribution < 1.29 is 9.53 Å². The van der Waals surface area contributed by atoms with Crippen LogP contribution in [0.25, 0.3) is 11.1 Å². The first kappa shape index (κ1) is 16.8. The molecule has 0 saturated carbocycles. The molecule has 2 aromatic rings. The summed E-state index contributed by atoms with van der Waals surface area (Å²) in [7, 11) is 2.06. The van der Waals surface area contributed by atoms with E-state index < -0.39 is 0 Å². The zero-order valence-corrected chi connectivity index (χ0v) is 14.5. The fraction of sp³-hybridized carbons (Fsp3) is 0.316. The molecule has 1 amide bonds. The molecule has 0 spiro atoms. The molecule has 0 bridgehead atoms. The minimum absolute atomic E-state index is 0.00584. The third-order valence-corrected chi connectivity index (χ3v) is 4.54. The Morgan fingerprint density at radius 3 is 2.42 bits per heavy atom. The predicted octanol–water partition coefficient (Wildman–Crippen LogP) is 3.16. The second-order valence-electron chi connectivity index (χ2n) is 5.98. The summed E-state index contributed by atoms with van der Waals surface area (Å²) in [5.41, 5.74) is 2.12. The Morgan fingerprint density at radius 2 is 1.75 bits per heavy atom. The van der Waals surface area contributed by atoms with Gasteiger partial charge in [0.1, 0.15) is 5.75 Å². The molecule has 126 valence electrons. The number of amides is 1. The van der Waals surface area contributed by atoms with Crippen molar-refractivity contribution in [3.63, 3.8) is 0 Å². The highest BCUT2D eigenvalue weighted by atomic mass is 35.5. The van der Waals surface area contributed by atoms with Gasteiger partial charge in [-0.25, -0.2) is 0 Å². The lowest BCUT2D eigenvalue weighted by atomic mass is 10.1. The normalized spacial score (nSPS) is 15.3. The van der Waals surface area contributed by atoms with E-state index >= 15 is 0 Å². The molecule has 4 nitrogen and oxygen atoms in total. The maximum absolute atomic E-state index is 12.2. The molecule has 3 rings (SSSR count). The molecule has 1 aliphatic heterocycles. The number of halogens is 1. The summed E-state index contributed by atoms with van der Waals surface area (Å²) in [5, 5.41) is 0.516. The number of piperazine rings is 1. The summed E-state index contributed by atoms with van der Waals surface area (Å²) in [6, 6.07) is 15.7. The van der Waals surface area contributed by atoms with E-state index in [4.69, 9.17) is 16.3 Å². The van der Waals surface area contributed by atoms with Crippen LogP contribution in [0.2, 0.25) is 5.02 Å². The maximum Gasteiger partial charge on any atom is 0.260 e. The van der Waals surface area contributed by atoms with Gasteiger partial charge in [-0.3, -0.25) is 4.79 Å². The molecule has 24 heavy (non-hydrogen) atoms. The number of hydrogen-bond donors (Lipinski definition) is 0. The van der Waals surface area contributed by atoms with Crippen molar-refractivity contribution in [3.05, 3.63) is 53.6 Å². The van der Waals surface area contributed by atoms with Crippen LogP contribution in [0.15, 0.2) is 48.5 Å². The van der Waals surface area contributed by atoms with Crippen molar-refractivity contribution in [2.75, 3.05) is 39.8 Å². The van der Waals surface area contributed by atoms with Gasteiger partial charge < -0.3 is 14.5 Å². The van der Waals surface area contributed by atoms with E-state index in [1.54, 1.807) is 0 Å². The molecular weight excluding hydrogens is 324 g/mol. The minimum Gasteiger partial charge on any atom is -0.482 e. The Kier molecular flexibility index (Phi) is 5.38. The lowest BCUT2D eigenvalue weighted by Crippen LogP contribution is -2.48. The Bertz CT molecular complexity index is 698. The molecule has 0 aromatic heterocycles. The topological polar surface area (TPSA) is 32.8 Å². The monoisotopic (exact) mass is 344 g/mol. The van der Waals surface area contributed by atoms with E-state index in [0.29, 0.717) is 10.8 Å². The summed E-state index contributed by atoms with van der Waals surface area (Å²) in [5.74, 6) is 0.546. The standard InChI is InChI=1S/C19H21ClN2O2/c1-21-9-11-22(12-10-21)19(23)14-24-18-8-7-16(13-17(18)20)15-5-3-2-4-6-15/h2-8,13H,9-12,14H2,1H3. The molecule has 1 saturated heterocycles. The van der Waals surface area contributed by atoms with E-state index in [1.807, 2.05) is 53.4 Å². The first-order valence-electron chi connectivity index (χ1n) is 8.07. The summed E-state index contributed by atoms with van der Waals surface area (Å²) < 4.78 is 5.63. The van der Waals surface area contributed by atoms with Gasteiger partial charge in [-0.1, -0.05) is 48.0 Å². The van der Waals surface area contributed by atoms with E-state index in [1.165, 1.54) is 0 Å². The Labute approximate surface area is 147 Å². The molecule has 1 heterocycles. The van der Waals surface area contributed by atoms with Crippen molar-refractivity contribution in [3.8, 4) is 16.9 Å². The highest BCUT2D eigenvalue weighted by molar-refractivity contribution is 6.32. The van der Waals surface area contributed by atoms with Crippen molar-refractivity contribution in [1.82, 2.24) is 9.80 Å². The van der Waals surface area contributed by atoms with Gasteiger partial charge in [-0.05, 0) is 30.3 Å². The average Bonchev–Trinajstić information content (AvgIpc) is 2.62. The zero-order chi connectivity index (χ0) is 16.9. The average molecular weight is 345 g/mol. The molecule has 1 fully saturated rings. The fourth-order valence-corrected chi connectivity index (χ4v) is 2.95.